The summed E-state index contributed by atoms with van der Waals surface area (Å²) >= 11 is 0. The molecule has 1 amide bonds. The minimum absolute atomic E-state index is 0.0196. The van der Waals surface area contributed by atoms with Crippen LogP contribution in [-0.2, 0) is 4.79 Å². The summed E-state index contributed by atoms with van der Waals surface area (Å²) in [5.74, 6) is 1.12. The van der Waals surface area contributed by atoms with Crippen molar-refractivity contribution in [3.63, 3.8) is 0 Å². The zero-order valence-corrected chi connectivity index (χ0v) is 14.5. The molecule has 0 heterocycles. The first-order chi connectivity index (χ1) is 12.5. The van der Waals surface area contributed by atoms with Gasteiger partial charge in [-0.15, -0.1) is 0 Å². The Morgan fingerprint density at radius 1 is 1.23 bits per heavy atom. The van der Waals surface area contributed by atoms with E-state index in [2.05, 4.69) is 5.32 Å². The van der Waals surface area contributed by atoms with Gasteiger partial charge in [-0.25, -0.2) is 0 Å². The zero-order valence-electron chi connectivity index (χ0n) is 14.5. The second-order valence-corrected chi connectivity index (χ2v) is 5.58. The maximum absolute atomic E-state index is 11.9. The number of nitro groups is 1. The molecule has 0 aliphatic heterocycles. The second kappa shape index (κ2) is 9.22. The fraction of sp³-hybridized carbons (Fsp3) is 0.211. The molecule has 1 atom stereocenters. The molecule has 0 aromatic heterocycles. The first-order valence-corrected chi connectivity index (χ1v) is 7.98. The molecule has 0 saturated carbocycles. The van der Waals surface area contributed by atoms with E-state index < -0.39 is 4.92 Å². The Morgan fingerprint density at radius 2 is 1.92 bits per heavy atom. The lowest BCUT2D eigenvalue weighted by Crippen LogP contribution is -2.35. The molecule has 7 heteroatoms. The number of nitrogens with one attached hydrogen (secondary N) is 1. The average molecular weight is 356 g/mol. The summed E-state index contributed by atoms with van der Waals surface area (Å²) in [6.45, 7) is 2.13. The van der Waals surface area contributed by atoms with Gasteiger partial charge in [0.05, 0.1) is 18.1 Å². The van der Waals surface area contributed by atoms with Crippen LogP contribution >= 0.6 is 0 Å². The maximum Gasteiger partial charge on any atom is 0.270 e. The van der Waals surface area contributed by atoms with Crippen molar-refractivity contribution in [1.29, 1.82) is 0 Å². The number of ether oxygens (including phenoxy) is 2. The van der Waals surface area contributed by atoms with Crippen molar-refractivity contribution >= 4 is 17.7 Å². The normalized spacial score (nSPS) is 11.8. The van der Waals surface area contributed by atoms with Crippen LogP contribution in [0.15, 0.2) is 54.6 Å². The number of rotatable bonds is 8. The van der Waals surface area contributed by atoms with Crippen LogP contribution in [0.25, 0.3) is 6.08 Å². The first-order valence-electron chi connectivity index (χ1n) is 7.98. The molecule has 0 spiro atoms. The van der Waals surface area contributed by atoms with Crippen molar-refractivity contribution in [3.05, 3.63) is 70.3 Å². The molecule has 0 fully saturated rings. The third kappa shape index (κ3) is 5.94. The third-order valence-corrected chi connectivity index (χ3v) is 3.46. The van der Waals surface area contributed by atoms with Gasteiger partial charge in [0.25, 0.3) is 5.69 Å². The van der Waals surface area contributed by atoms with E-state index >= 15 is 0 Å². The molecule has 26 heavy (non-hydrogen) atoms. The number of methoxy groups -OCH3 is 1. The summed E-state index contributed by atoms with van der Waals surface area (Å²) in [5, 5.41) is 13.5. The maximum atomic E-state index is 11.9. The van der Waals surface area contributed by atoms with Gasteiger partial charge < -0.3 is 14.8 Å². The molecule has 0 unspecified atom stereocenters. The van der Waals surface area contributed by atoms with E-state index in [1.165, 1.54) is 24.3 Å². The number of carbonyl (C=O) groups excluding carboxylic acids is 1. The lowest BCUT2D eigenvalue weighted by atomic mass is 10.2. The van der Waals surface area contributed by atoms with Crippen LogP contribution in [0.2, 0.25) is 0 Å². The van der Waals surface area contributed by atoms with Crippen LogP contribution in [0, 0.1) is 10.1 Å². The topological polar surface area (TPSA) is 90.7 Å². The summed E-state index contributed by atoms with van der Waals surface area (Å²) in [6.07, 6.45) is 2.86. The Morgan fingerprint density at radius 3 is 2.58 bits per heavy atom. The summed E-state index contributed by atoms with van der Waals surface area (Å²) in [6, 6.07) is 13.0. The molecule has 2 aromatic carbocycles. The largest absolute Gasteiger partial charge is 0.497 e. The second-order valence-electron chi connectivity index (χ2n) is 5.58. The molecule has 0 bridgehead atoms. The summed E-state index contributed by atoms with van der Waals surface area (Å²) in [7, 11) is 1.59. The highest BCUT2D eigenvalue weighted by atomic mass is 16.6. The van der Waals surface area contributed by atoms with Crippen LogP contribution in [0.3, 0.4) is 0 Å². The molecular formula is C19H20N2O5. The molecule has 0 aliphatic carbocycles. The first kappa shape index (κ1) is 19.0. The van der Waals surface area contributed by atoms with Gasteiger partial charge >= 0.3 is 0 Å². The van der Waals surface area contributed by atoms with Crippen molar-refractivity contribution in [2.45, 2.75) is 13.0 Å². The minimum Gasteiger partial charge on any atom is -0.497 e. The molecule has 0 radical (unpaired) electrons. The Bertz CT molecular complexity index is 787. The molecular weight excluding hydrogens is 336 g/mol. The van der Waals surface area contributed by atoms with Gasteiger partial charge in [-0.1, -0.05) is 12.1 Å². The molecule has 2 rings (SSSR count). The number of non-ortho nitro benzene ring substituents is 1. The van der Waals surface area contributed by atoms with Crippen LogP contribution in [-0.4, -0.2) is 30.6 Å². The highest BCUT2D eigenvalue weighted by molar-refractivity contribution is 5.91. The van der Waals surface area contributed by atoms with Gasteiger partial charge in [-0.3, -0.25) is 14.9 Å². The van der Waals surface area contributed by atoms with Crippen molar-refractivity contribution in [1.82, 2.24) is 5.32 Å². The number of hydrogen-bond acceptors (Lipinski definition) is 5. The Balaban J connectivity index is 1.82. The van der Waals surface area contributed by atoms with Gasteiger partial charge in [-0.05, 0) is 42.8 Å². The molecule has 136 valence electrons. The van der Waals surface area contributed by atoms with E-state index in [0.717, 1.165) is 5.75 Å². The van der Waals surface area contributed by atoms with E-state index in [1.807, 2.05) is 6.92 Å². The lowest BCUT2D eigenvalue weighted by molar-refractivity contribution is -0.384. The van der Waals surface area contributed by atoms with Gasteiger partial charge in [-0.2, -0.15) is 0 Å². The highest BCUT2D eigenvalue weighted by Crippen LogP contribution is 2.17. The standard InChI is InChI=1S/C19H20N2O5/c1-14(13-26-18-9-7-17(25-2)8-10-18)20-19(22)11-6-15-4-3-5-16(12-15)21(23)24/h3-12,14H,13H2,1-2H3,(H,20,22)/b11-6+/t14-/m1/s1. The molecule has 0 aliphatic rings. The van der Waals surface area contributed by atoms with Crippen molar-refractivity contribution in [2.75, 3.05) is 13.7 Å². The van der Waals surface area contributed by atoms with E-state index in [4.69, 9.17) is 9.47 Å². The fourth-order valence-electron chi connectivity index (χ4n) is 2.14. The average Bonchev–Trinajstić information content (AvgIpc) is 2.65. The molecule has 7 nitrogen and oxygen atoms in total. The summed E-state index contributed by atoms with van der Waals surface area (Å²) in [4.78, 5) is 22.2. The van der Waals surface area contributed by atoms with Gasteiger partial charge in [0, 0.05) is 18.2 Å². The monoisotopic (exact) mass is 356 g/mol. The fourth-order valence-corrected chi connectivity index (χ4v) is 2.14. The number of hydrogen-bond donors (Lipinski definition) is 1. The van der Waals surface area contributed by atoms with Crippen LogP contribution in [0.1, 0.15) is 12.5 Å². The molecule has 2 aromatic rings. The Kier molecular flexibility index (Phi) is 6.73. The molecule has 1 N–H and O–H groups in total. The molecule has 0 saturated heterocycles. The van der Waals surface area contributed by atoms with E-state index in [-0.39, 0.29) is 17.6 Å². The predicted molar refractivity (Wildman–Crippen MR) is 98.2 cm³/mol. The van der Waals surface area contributed by atoms with Crippen molar-refractivity contribution < 1.29 is 19.2 Å². The van der Waals surface area contributed by atoms with E-state index in [1.54, 1.807) is 43.5 Å². The van der Waals surface area contributed by atoms with Gasteiger partial charge in [0.15, 0.2) is 0 Å². The van der Waals surface area contributed by atoms with Gasteiger partial charge in [0.2, 0.25) is 5.91 Å². The van der Waals surface area contributed by atoms with Crippen LogP contribution in [0.5, 0.6) is 11.5 Å². The number of carbonyl (C=O) groups is 1. The number of amides is 1. The quantitative estimate of drug-likeness (QED) is 0.446. The highest BCUT2D eigenvalue weighted by Gasteiger charge is 2.07. The van der Waals surface area contributed by atoms with E-state index in [9.17, 15) is 14.9 Å². The third-order valence-electron chi connectivity index (χ3n) is 3.46. The van der Waals surface area contributed by atoms with Crippen LogP contribution in [0.4, 0.5) is 5.69 Å². The van der Waals surface area contributed by atoms with Crippen molar-refractivity contribution in [3.8, 4) is 11.5 Å². The van der Waals surface area contributed by atoms with Crippen LogP contribution < -0.4 is 14.8 Å². The Labute approximate surface area is 151 Å². The number of nitrogens with zero attached hydrogens (tertiary/aromatic N) is 1. The lowest BCUT2D eigenvalue weighted by Gasteiger charge is -2.14. The SMILES string of the molecule is COc1ccc(OC[C@@H](C)NC(=O)/C=C/c2cccc([N+](=O)[O-])c2)cc1. The van der Waals surface area contributed by atoms with Gasteiger partial charge in [0.1, 0.15) is 18.1 Å². The Hall–Kier alpha value is -3.35. The minimum atomic E-state index is -0.476. The summed E-state index contributed by atoms with van der Waals surface area (Å²) in [5.41, 5.74) is 0.560. The predicted octanol–water partition coefficient (Wildman–Crippen LogP) is 3.20. The zero-order chi connectivity index (χ0) is 18.9. The summed E-state index contributed by atoms with van der Waals surface area (Å²) < 4.78 is 10.7. The van der Waals surface area contributed by atoms with E-state index in [0.29, 0.717) is 17.9 Å². The number of nitro benzene ring substituents is 1. The smallest absolute Gasteiger partial charge is 0.270 e. The van der Waals surface area contributed by atoms with Crippen molar-refractivity contribution in [2.24, 2.45) is 0 Å². The number of benzene rings is 2.